The zero-order chi connectivity index (χ0) is 33.8. The lowest BCUT2D eigenvalue weighted by molar-refractivity contribution is -0.140. The molecule has 0 unspecified atom stereocenters. The highest BCUT2D eigenvalue weighted by Gasteiger charge is 2.22. The molecule has 4 rings (SSSR count). The van der Waals surface area contributed by atoms with Crippen molar-refractivity contribution in [2.75, 3.05) is 30.2 Å². The van der Waals surface area contributed by atoms with Crippen LogP contribution in [0.2, 0.25) is 0 Å². The van der Waals surface area contributed by atoms with Crippen molar-refractivity contribution in [1.82, 2.24) is 19.9 Å². The van der Waals surface area contributed by atoms with Gasteiger partial charge in [-0.05, 0) is 61.0 Å². The van der Waals surface area contributed by atoms with Crippen LogP contribution in [-0.2, 0) is 27.9 Å². The van der Waals surface area contributed by atoms with Gasteiger partial charge >= 0.3 is 12.1 Å². The molecule has 2 amide bonds. The third kappa shape index (κ3) is 8.96. The highest BCUT2D eigenvalue weighted by molar-refractivity contribution is 6.07. The molecule has 2 aromatic carbocycles. The number of nitrogens with zero attached hydrogens (tertiary/aromatic N) is 6. The fourth-order valence-electron chi connectivity index (χ4n) is 4.82. The summed E-state index contributed by atoms with van der Waals surface area (Å²) in [6, 6.07) is 16.7. The van der Waals surface area contributed by atoms with E-state index in [9.17, 15) is 19.3 Å². The average Bonchev–Trinajstić information content (AvgIpc) is 3.41. The predicted molar refractivity (Wildman–Crippen MR) is 177 cm³/mol. The Morgan fingerprint density at radius 2 is 1.79 bits per heavy atom. The number of aromatic nitrogens is 3. The third-order valence-corrected chi connectivity index (χ3v) is 7.46. The van der Waals surface area contributed by atoms with Gasteiger partial charge in [0.15, 0.2) is 0 Å². The molecule has 47 heavy (non-hydrogen) atoms. The van der Waals surface area contributed by atoms with Gasteiger partial charge in [-0.1, -0.05) is 32.3 Å². The molecule has 0 fully saturated rings. The first-order valence-electron chi connectivity index (χ1n) is 15.2. The Morgan fingerprint density at radius 1 is 1.02 bits per heavy atom. The number of nitroso groups, excluding NO2 is 1. The molecule has 2 N–H and O–H groups in total. The third-order valence-electron chi connectivity index (χ3n) is 7.46. The summed E-state index contributed by atoms with van der Waals surface area (Å²) < 4.78 is 11.7. The number of aryl methyl sites for hydroxylation is 1. The summed E-state index contributed by atoms with van der Waals surface area (Å²) in [6.07, 6.45) is 4.77. The number of imidazole rings is 1. The summed E-state index contributed by atoms with van der Waals surface area (Å²) in [5, 5.41) is 15.0. The van der Waals surface area contributed by atoms with Gasteiger partial charge in [0.1, 0.15) is 24.0 Å². The van der Waals surface area contributed by atoms with Gasteiger partial charge in [0, 0.05) is 30.9 Å². The van der Waals surface area contributed by atoms with Crippen molar-refractivity contribution >= 4 is 46.3 Å². The number of pyridine rings is 1. The van der Waals surface area contributed by atoms with Crippen molar-refractivity contribution < 1.29 is 23.9 Å². The molecule has 2 aromatic heterocycles. The average molecular weight is 643 g/mol. The topological polar surface area (TPSA) is 172 Å². The Bertz CT molecular complexity index is 1710. The number of amides is 2. The number of unbranched alkanes of at least 4 members (excludes halogenated alkanes) is 3. The zero-order valence-electron chi connectivity index (χ0n) is 26.6. The SMILES string of the molecule is CCCCCCOC(=O)NC(=N)c1ccc(N(Cc2nc3cc(C(=O)N(CCC(=O)OC)c4ccccn4)ccc3n2C)N=O)cc1. The minimum Gasteiger partial charge on any atom is -0.469 e. The first-order valence-corrected chi connectivity index (χ1v) is 15.2. The van der Waals surface area contributed by atoms with E-state index in [2.05, 4.69) is 27.5 Å². The fourth-order valence-corrected chi connectivity index (χ4v) is 4.82. The molecule has 0 aliphatic rings. The molecule has 246 valence electrons. The number of nitrogens with one attached hydrogen (secondary N) is 2. The number of anilines is 2. The standard InChI is InChI=1S/C33H38N8O6/c1-4-5-6-9-20-47-33(44)37-31(34)23-11-14-25(15-12-23)41(38-45)22-29-36-26-21-24(13-16-27(26)39(29)2)32(43)40(19-17-30(42)46-3)28-10-7-8-18-35-28/h7-8,10-16,18,21H,4-6,9,17,19-20,22H2,1-3H3,(H2,34,37,44). The maximum Gasteiger partial charge on any atom is 0.412 e. The minimum atomic E-state index is -0.691. The van der Waals surface area contributed by atoms with Crippen LogP contribution in [0.25, 0.3) is 11.0 Å². The zero-order valence-corrected chi connectivity index (χ0v) is 26.6. The molecule has 0 bridgehead atoms. The van der Waals surface area contributed by atoms with Gasteiger partial charge in [0.25, 0.3) is 5.91 Å². The van der Waals surface area contributed by atoms with E-state index in [1.165, 1.54) is 17.0 Å². The number of benzene rings is 2. The number of ether oxygens (including phenoxy) is 2. The molecule has 4 aromatic rings. The molecule has 0 saturated carbocycles. The maximum absolute atomic E-state index is 13.6. The summed E-state index contributed by atoms with van der Waals surface area (Å²) >= 11 is 0. The molecular weight excluding hydrogens is 604 g/mol. The van der Waals surface area contributed by atoms with Crippen molar-refractivity contribution in [1.29, 1.82) is 5.41 Å². The summed E-state index contributed by atoms with van der Waals surface area (Å²) in [5.41, 5.74) is 2.48. The lowest BCUT2D eigenvalue weighted by Gasteiger charge is -2.21. The van der Waals surface area contributed by atoms with E-state index in [1.54, 1.807) is 78.5 Å². The van der Waals surface area contributed by atoms with E-state index in [-0.39, 0.29) is 31.3 Å². The van der Waals surface area contributed by atoms with Gasteiger partial charge in [-0.15, -0.1) is 4.91 Å². The molecule has 0 radical (unpaired) electrons. The lowest BCUT2D eigenvalue weighted by Crippen LogP contribution is -2.33. The number of carbonyl (C=O) groups excluding carboxylic acids is 3. The van der Waals surface area contributed by atoms with Crippen molar-refractivity contribution in [3.8, 4) is 0 Å². The second kappa shape index (κ2) is 16.6. The van der Waals surface area contributed by atoms with Gasteiger partial charge < -0.3 is 14.0 Å². The summed E-state index contributed by atoms with van der Waals surface area (Å²) in [4.78, 5) is 59.7. The number of alkyl carbamates (subject to hydrolysis) is 1. The van der Waals surface area contributed by atoms with E-state index >= 15 is 0 Å². The Labute approximate surface area is 272 Å². The molecule has 0 aliphatic heterocycles. The van der Waals surface area contributed by atoms with Gasteiger partial charge in [-0.3, -0.25) is 25.2 Å². The molecule has 0 atom stereocenters. The number of methoxy groups -OCH3 is 1. The number of esters is 1. The van der Waals surface area contributed by atoms with Crippen LogP contribution in [0.15, 0.2) is 72.1 Å². The van der Waals surface area contributed by atoms with Gasteiger partial charge in [-0.25, -0.2) is 19.8 Å². The summed E-state index contributed by atoms with van der Waals surface area (Å²) in [5.74, 6) is -0.0384. The van der Waals surface area contributed by atoms with E-state index in [1.807, 2.05) is 0 Å². The normalized spacial score (nSPS) is 10.7. The number of hydrogen-bond acceptors (Lipinski definition) is 10. The monoisotopic (exact) mass is 642 g/mol. The first kappa shape index (κ1) is 34.2. The van der Waals surface area contributed by atoms with Crippen LogP contribution in [0.3, 0.4) is 0 Å². The maximum atomic E-state index is 13.6. The molecule has 0 spiro atoms. The smallest absolute Gasteiger partial charge is 0.412 e. The number of fused-ring (bicyclic) bond motifs is 1. The molecule has 0 aliphatic carbocycles. The van der Waals surface area contributed by atoms with Crippen LogP contribution in [0.1, 0.15) is 60.8 Å². The van der Waals surface area contributed by atoms with Crippen LogP contribution in [-0.4, -0.2) is 58.6 Å². The van der Waals surface area contributed by atoms with Crippen molar-refractivity contribution in [2.45, 2.75) is 45.6 Å². The second-order valence-corrected chi connectivity index (χ2v) is 10.6. The number of amidine groups is 1. The summed E-state index contributed by atoms with van der Waals surface area (Å²) in [6.45, 7) is 2.49. The lowest BCUT2D eigenvalue weighted by atomic mass is 10.1. The van der Waals surface area contributed by atoms with Crippen LogP contribution in [0.4, 0.5) is 16.3 Å². The fraction of sp³-hybridized carbons (Fsp3) is 0.333. The van der Waals surface area contributed by atoms with E-state index in [4.69, 9.17) is 14.9 Å². The molecule has 2 heterocycles. The van der Waals surface area contributed by atoms with Crippen LogP contribution >= 0.6 is 0 Å². The van der Waals surface area contributed by atoms with Crippen molar-refractivity contribution in [2.24, 2.45) is 12.3 Å². The van der Waals surface area contributed by atoms with Crippen molar-refractivity contribution in [3.05, 3.63) is 88.7 Å². The minimum absolute atomic E-state index is 0.00627. The van der Waals surface area contributed by atoms with Crippen molar-refractivity contribution in [3.63, 3.8) is 0 Å². The first-order chi connectivity index (χ1) is 22.7. The Hall–Kier alpha value is -5.66. The largest absolute Gasteiger partial charge is 0.469 e. The molecule has 14 heteroatoms. The number of rotatable bonds is 15. The number of carbonyl (C=O) groups is 3. The molecular formula is C33H38N8O6. The Kier molecular flexibility index (Phi) is 12.1. The van der Waals surface area contributed by atoms with Crippen LogP contribution in [0, 0.1) is 10.3 Å². The Balaban J connectivity index is 1.45. The quantitative estimate of drug-likeness (QED) is 0.0424. The number of hydrogen-bond donors (Lipinski definition) is 2. The van der Waals surface area contributed by atoms with Crippen LogP contribution < -0.4 is 15.2 Å². The Morgan fingerprint density at radius 3 is 2.47 bits per heavy atom. The summed E-state index contributed by atoms with van der Waals surface area (Å²) in [7, 11) is 3.09. The van der Waals surface area contributed by atoms with Gasteiger partial charge in [0.2, 0.25) is 0 Å². The van der Waals surface area contributed by atoms with Crippen LogP contribution in [0.5, 0.6) is 0 Å². The molecule has 0 saturated heterocycles. The van der Waals surface area contributed by atoms with Gasteiger partial charge in [-0.2, -0.15) is 0 Å². The van der Waals surface area contributed by atoms with Gasteiger partial charge in [0.05, 0.1) is 42.1 Å². The van der Waals surface area contributed by atoms with E-state index in [0.29, 0.717) is 40.6 Å². The van der Waals surface area contributed by atoms with E-state index < -0.39 is 12.1 Å². The second-order valence-electron chi connectivity index (χ2n) is 10.6. The highest BCUT2D eigenvalue weighted by atomic mass is 16.5. The molecule has 14 nitrogen and oxygen atoms in total. The highest BCUT2D eigenvalue weighted by Crippen LogP contribution is 2.23. The predicted octanol–water partition coefficient (Wildman–Crippen LogP) is 5.50. The van der Waals surface area contributed by atoms with E-state index in [0.717, 1.165) is 31.2 Å².